The van der Waals surface area contributed by atoms with Crippen molar-refractivity contribution in [3.05, 3.63) is 59.2 Å². The van der Waals surface area contributed by atoms with E-state index in [1.54, 1.807) is 32.0 Å². The number of hydrogen-bond donors (Lipinski definition) is 1. The van der Waals surface area contributed by atoms with Gasteiger partial charge in [0, 0.05) is 11.6 Å². The van der Waals surface area contributed by atoms with Gasteiger partial charge in [-0.3, -0.25) is 14.4 Å². The molecule has 1 N–H and O–H groups in total. The van der Waals surface area contributed by atoms with Crippen LogP contribution in [0.5, 0.6) is 11.5 Å². The summed E-state index contributed by atoms with van der Waals surface area (Å²) in [5.41, 5.74) is 0.498. The van der Waals surface area contributed by atoms with E-state index in [4.69, 9.17) is 14.3 Å². The number of nitrogens with zero attached hydrogens (tertiary/aromatic N) is 1. The average molecular weight is 426 g/mol. The van der Waals surface area contributed by atoms with Crippen molar-refractivity contribution in [2.75, 3.05) is 14.2 Å². The van der Waals surface area contributed by atoms with Crippen LogP contribution in [0.2, 0.25) is 0 Å². The lowest BCUT2D eigenvalue weighted by Crippen LogP contribution is -2.48. The molecule has 1 unspecified atom stereocenters. The first-order valence-electron chi connectivity index (χ1n) is 9.50. The summed E-state index contributed by atoms with van der Waals surface area (Å²) in [6.07, 6.45) is 0. The Labute approximate surface area is 178 Å². The molecule has 0 aliphatic carbocycles. The zero-order chi connectivity index (χ0) is 22.7. The molecule has 2 aromatic carbocycles. The van der Waals surface area contributed by atoms with Crippen LogP contribution < -0.4 is 14.8 Å². The topological polar surface area (TPSA) is 111 Å². The monoisotopic (exact) mass is 426 g/mol. The van der Waals surface area contributed by atoms with Crippen LogP contribution in [-0.2, 0) is 9.63 Å². The van der Waals surface area contributed by atoms with Gasteiger partial charge in [-0.25, -0.2) is 4.79 Å². The van der Waals surface area contributed by atoms with Crippen LogP contribution in [0.15, 0.2) is 42.5 Å². The predicted octanol–water partition coefficient (Wildman–Crippen LogP) is 2.21. The van der Waals surface area contributed by atoms with Gasteiger partial charge < -0.3 is 19.6 Å². The van der Waals surface area contributed by atoms with E-state index in [2.05, 4.69) is 5.32 Å². The first-order chi connectivity index (χ1) is 14.8. The lowest BCUT2D eigenvalue weighted by atomic mass is 10.0. The molecule has 0 saturated heterocycles. The van der Waals surface area contributed by atoms with Crippen LogP contribution in [0, 0.1) is 5.92 Å². The molecule has 1 heterocycles. The predicted molar refractivity (Wildman–Crippen MR) is 109 cm³/mol. The summed E-state index contributed by atoms with van der Waals surface area (Å²) in [4.78, 5) is 55.5. The number of imide groups is 1. The minimum absolute atomic E-state index is 0.147. The second-order valence-electron chi connectivity index (χ2n) is 7.16. The third-order valence-electron chi connectivity index (χ3n) is 4.76. The van der Waals surface area contributed by atoms with Gasteiger partial charge in [0.05, 0.1) is 25.3 Å². The highest BCUT2D eigenvalue weighted by Crippen LogP contribution is 2.24. The number of hydrogen-bond acceptors (Lipinski definition) is 7. The van der Waals surface area contributed by atoms with E-state index in [-0.39, 0.29) is 22.6 Å². The molecule has 3 amide bonds. The molecule has 0 radical (unpaired) electrons. The van der Waals surface area contributed by atoms with E-state index < -0.39 is 29.7 Å². The smallest absolute Gasteiger partial charge is 0.355 e. The number of carbonyl (C=O) groups excluding carboxylic acids is 4. The number of benzene rings is 2. The first kappa shape index (κ1) is 21.8. The van der Waals surface area contributed by atoms with Crippen molar-refractivity contribution in [1.82, 2.24) is 10.4 Å². The summed E-state index contributed by atoms with van der Waals surface area (Å²) >= 11 is 0. The molecule has 0 bridgehead atoms. The van der Waals surface area contributed by atoms with Gasteiger partial charge in [0.1, 0.15) is 17.5 Å². The van der Waals surface area contributed by atoms with Crippen molar-refractivity contribution >= 4 is 23.7 Å². The van der Waals surface area contributed by atoms with Crippen LogP contribution in [0.25, 0.3) is 0 Å². The molecule has 31 heavy (non-hydrogen) atoms. The van der Waals surface area contributed by atoms with Crippen LogP contribution in [0.1, 0.15) is 44.9 Å². The number of ether oxygens (including phenoxy) is 2. The molecule has 1 aliphatic heterocycles. The van der Waals surface area contributed by atoms with E-state index in [0.29, 0.717) is 16.6 Å². The normalized spacial score (nSPS) is 13.6. The number of carbonyl (C=O) groups is 4. The van der Waals surface area contributed by atoms with Gasteiger partial charge in [-0.05, 0) is 30.2 Å². The summed E-state index contributed by atoms with van der Waals surface area (Å²) in [5.74, 6) is -2.57. The van der Waals surface area contributed by atoms with Gasteiger partial charge in [-0.2, -0.15) is 0 Å². The lowest BCUT2D eigenvalue weighted by Gasteiger charge is -2.23. The quantitative estimate of drug-likeness (QED) is 0.676. The number of nitrogens with one attached hydrogen (secondary N) is 1. The van der Waals surface area contributed by atoms with Gasteiger partial charge in [0.25, 0.3) is 17.7 Å². The number of hydroxylamine groups is 2. The number of methoxy groups -OCH3 is 2. The largest absolute Gasteiger partial charge is 0.497 e. The summed E-state index contributed by atoms with van der Waals surface area (Å²) in [6.45, 7) is 3.39. The third-order valence-corrected chi connectivity index (χ3v) is 4.76. The summed E-state index contributed by atoms with van der Waals surface area (Å²) in [6, 6.07) is 9.63. The standard InChI is InChI=1S/C22H22N2O7/c1-12(2)18(23-19(25)13-9-14(29-3)11-15(10-13)30-4)22(28)31-24-20(26)16-7-5-6-8-17(16)21(24)27/h5-12,18H,1-4H3,(H,23,25). The highest BCUT2D eigenvalue weighted by Gasteiger charge is 2.40. The Kier molecular flexibility index (Phi) is 6.24. The Hall–Kier alpha value is -3.88. The fourth-order valence-electron chi connectivity index (χ4n) is 3.06. The molecule has 9 nitrogen and oxygen atoms in total. The van der Waals surface area contributed by atoms with Gasteiger partial charge in [-0.15, -0.1) is 0 Å². The molecule has 9 heteroatoms. The fraction of sp³-hybridized carbons (Fsp3) is 0.273. The van der Waals surface area contributed by atoms with Gasteiger partial charge in [0.2, 0.25) is 0 Å². The SMILES string of the molecule is COc1cc(OC)cc(C(=O)NC(C(=O)ON2C(=O)c3ccccc3C2=O)C(C)C)c1. The average Bonchev–Trinajstić information content (AvgIpc) is 3.01. The zero-order valence-corrected chi connectivity index (χ0v) is 17.5. The molecule has 1 aliphatic rings. The Morgan fingerprint density at radius 2 is 1.42 bits per heavy atom. The number of rotatable bonds is 7. The molecular weight excluding hydrogens is 404 g/mol. The van der Waals surface area contributed by atoms with Gasteiger partial charge >= 0.3 is 5.97 Å². The Bertz CT molecular complexity index is 991. The van der Waals surface area contributed by atoms with Gasteiger partial charge in [-0.1, -0.05) is 31.0 Å². The Morgan fingerprint density at radius 1 is 0.903 bits per heavy atom. The van der Waals surface area contributed by atoms with Crippen molar-refractivity contribution in [3.63, 3.8) is 0 Å². The lowest BCUT2D eigenvalue weighted by molar-refractivity contribution is -0.172. The second kappa shape index (κ2) is 8.86. The Morgan fingerprint density at radius 3 is 1.87 bits per heavy atom. The van der Waals surface area contributed by atoms with Crippen molar-refractivity contribution < 1.29 is 33.5 Å². The van der Waals surface area contributed by atoms with E-state index >= 15 is 0 Å². The Balaban J connectivity index is 1.77. The fourth-order valence-corrected chi connectivity index (χ4v) is 3.06. The molecule has 2 aromatic rings. The molecule has 162 valence electrons. The third kappa shape index (κ3) is 4.35. The summed E-state index contributed by atoms with van der Waals surface area (Å²) in [5, 5.41) is 3.01. The van der Waals surface area contributed by atoms with E-state index in [9.17, 15) is 19.2 Å². The van der Waals surface area contributed by atoms with Crippen molar-refractivity contribution in [1.29, 1.82) is 0 Å². The van der Waals surface area contributed by atoms with Crippen LogP contribution in [0.3, 0.4) is 0 Å². The summed E-state index contributed by atoms with van der Waals surface area (Å²) < 4.78 is 10.3. The zero-order valence-electron chi connectivity index (χ0n) is 17.5. The van der Waals surface area contributed by atoms with E-state index in [1.165, 1.54) is 38.5 Å². The molecule has 0 spiro atoms. The van der Waals surface area contributed by atoms with E-state index in [1.807, 2.05) is 0 Å². The van der Waals surface area contributed by atoms with E-state index in [0.717, 1.165) is 0 Å². The second-order valence-corrected chi connectivity index (χ2v) is 7.16. The van der Waals surface area contributed by atoms with Crippen LogP contribution in [0.4, 0.5) is 0 Å². The maximum atomic E-state index is 12.8. The number of fused-ring (bicyclic) bond motifs is 1. The maximum absolute atomic E-state index is 12.8. The van der Waals surface area contributed by atoms with Crippen molar-refractivity contribution in [2.24, 2.45) is 5.92 Å². The molecule has 0 fully saturated rings. The van der Waals surface area contributed by atoms with Gasteiger partial charge in [0.15, 0.2) is 0 Å². The minimum Gasteiger partial charge on any atom is -0.497 e. The van der Waals surface area contributed by atoms with Crippen LogP contribution >= 0.6 is 0 Å². The number of amides is 3. The van der Waals surface area contributed by atoms with Crippen LogP contribution in [-0.4, -0.2) is 49.0 Å². The van der Waals surface area contributed by atoms with Crippen molar-refractivity contribution in [2.45, 2.75) is 19.9 Å². The molecule has 0 aromatic heterocycles. The first-order valence-corrected chi connectivity index (χ1v) is 9.50. The summed E-state index contributed by atoms with van der Waals surface area (Å²) in [7, 11) is 2.90. The molecule has 3 rings (SSSR count). The molecule has 1 atom stereocenters. The highest BCUT2D eigenvalue weighted by atomic mass is 16.7. The van der Waals surface area contributed by atoms with Crippen molar-refractivity contribution in [3.8, 4) is 11.5 Å². The molecular formula is C22H22N2O7. The highest BCUT2D eigenvalue weighted by molar-refractivity contribution is 6.21. The minimum atomic E-state index is -1.12. The molecule has 0 saturated carbocycles. The maximum Gasteiger partial charge on any atom is 0.355 e.